The predicted molar refractivity (Wildman–Crippen MR) is 118 cm³/mol. The van der Waals surface area contributed by atoms with Crippen LogP contribution in [0.3, 0.4) is 0 Å². The van der Waals surface area contributed by atoms with Gasteiger partial charge in [-0.3, -0.25) is 0 Å². The lowest BCUT2D eigenvalue weighted by atomic mass is 9.78. The lowest BCUT2D eigenvalue weighted by molar-refractivity contribution is -0.145. The fourth-order valence-corrected chi connectivity index (χ4v) is 5.26. The molecule has 6 heterocycles. The lowest BCUT2D eigenvalue weighted by Gasteiger charge is -2.39. The van der Waals surface area contributed by atoms with Crippen molar-refractivity contribution in [3.8, 4) is 0 Å². The molecule has 0 amide bonds. The summed E-state index contributed by atoms with van der Waals surface area (Å²) in [5.41, 5.74) is 2.76. The van der Waals surface area contributed by atoms with Gasteiger partial charge < -0.3 is 14.5 Å². The monoisotopic (exact) mass is 474 g/mol. The molecule has 0 atom stereocenters. The second kappa shape index (κ2) is 7.76. The van der Waals surface area contributed by atoms with Crippen LogP contribution in [-0.2, 0) is 10.9 Å². The molecule has 3 saturated heterocycles. The molecule has 3 aromatic heterocycles. The summed E-state index contributed by atoms with van der Waals surface area (Å²) in [6.07, 6.45) is 3.32. The molecule has 0 radical (unpaired) electrons. The Kier molecular flexibility index (Phi) is 4.91. The maximum Gasteiger partial charge on any atom is 0.451 e. The van der Waals surface area contributed by atoms with E-state index < -0.39 is 12.0 Å². The zero-order valence-electron chi connectivity index (χ0n) is 18.8. The van der Waals surface area contributed by atoms with Crippen LogP contribution in [0, 0.1) is 12.3 Å². The highest BCUT2D eigenvalue weighted by Crippen LogP contribution is 2.43. The van der Waals surface area contributed by atoms with Gasteiger partial charge in [-0.05, 0) is 31.6 Å². The lowest BCUT2D eigenvalue weighted by Crippen LogP contribution is -2.42. The molecule has 9 nitrogen and oxygen atoms in total. The first-order valence-corrected chi connectivity index (χ1v) is 11.5. The van der Waals surface area contributed by atoms with E-state index in [-0.39, 0.29) is 11.5 Å². The number of alkyl halides is 3. The summed E-state index contributed by atoms with van der Waals surface area (Å²) in [5, 5.41) is 4.44. The molecule has 3 fully saturated rings. The zero-order chi connectivity index (χ0) is 23.5. The van der Waals surface area contributed by atoms with E-state index in [0.29, 0.717) is 24.6 Å². The molecule has 180 valence electrons. The molecular weight excluding hydrogens is 449 g/mol. The molecule has 0 aromatic carbocycles. The molecule has 0 saturated carbocycles. The van der Waals surface area contributed by atoms with Crippen molar-refractivity contribution in [3.05, 3.63) is 30.1 Å². The van der Waals surface area contributed by atoms with Crippen LogP contribution in [0.1, 0.15) is 36.8 Å². The Morgan fingerprint density at radius 2 is 1.71 bits per heavy atom. The second-order valence-electron chi connectivity index (χ2n) is 9.54. The topological polar surface area (TPSA) is 85.1 Å². The molecule has 34 heavy (non-hydrogen) atoms. The average molecular weight is 474 g/mol. The molecule has 0 N–H and O–H groups in total. The minimum absolute atomic E-state index is 0.133. The van der Waals surface area contributed by atoms with E-state index in [9.17, 15) is 13.2 Å². The summed E-state index contributed by atoms with van der Waals surface area (Å²) in [7, 11) is 0. The molecule has 12 heteroatoms. The van der Waals surface area contributed by atoms with E-state index in [1.165, 1.54) is 6.20 Å². The first-order valence-electron chi connectivity index (χ1n) is 11.5. The van der Waals surface area contributed by atoms with Crippen LogP contribution < -0.4 is 9.80 Å². The molecular formula is C22H25F3N8O. The summed E-state index contributed by atoms with van der Waals surface area (Å²) in [5.74, 6) is -0.230. The summed E-state index contributed by atoms with van der Waals surface area (Å²) in [4.78, 5) is 21.1. The number of ether oxygens (including phenoxy) is 1. The van der Waals surface area contributed by atoms with Gasteiger partial charge in [0.2, 0.25) is 5.82 Å². The summed E-state index contributed by atoms with van der Waals surface area (Å²) >= 11 is 0. The predicted octanol–water partition coefficient (Wildman–Crippen LogP) is 3.01. The van der Waals surface area contributed by atoms with Crippen molar-refractivity contribution >= 4 is 22.7 Å². The van der Waals surface area contributed by atoms with Gasteiger partial charge in [0.1, 0.15) is 17.4 Å². The van der Waals surface area contributed by atoms with E-state index in [1.807, 2.05) is 10.9 Å². The van der Waals surface area contributed by atoms with E-state index in [2.05, 4.69) is 29.9 Å². The van der Waals surface area contributed by atoms with Gasteiger partial charge in [-0.25, -0.2) is 24.6 Å². The van der Waals surface area contributed by atoms with Crippen LogP contribution in [0.4, 0.5) is 24.7 Å². The van der Waals surface area contributed by atoms with Crippen molar-refractivity contribution in [1.29, 1.82) is 0 Å². The smallest absolute Gasteiger partial charge is 0.377 e. The standard InChI is InChI=1S/C22H25F3N8O/c1-14-17(9-27-20(29-14)22(23,24)25)32-7-4-21(13-32)2-5-31(6-3-21)18-10-26-16-8-28-33(19(16)30-18)15-11-34-12-15/h8-10,15H,2-7,11-13H2,1H3. The number of fused-ring (bicyclic) bond motifs is 1. The number of aromatic nitrogens is 6. The first-order chi connectivity index (χ1) is 16.3. The van der Waals surface area contributed by atoms with Crippen molar-refractivity contribution in [2.75, 3.05) is 49.2 Å². The Bertz CT molecular complexity index is 1220. The SMILES string of the molecule is Cc1nc(C(F)(F)F)ncc1N1CCC2(CCN(c3cnc4cnn(C5COC5)c4n3)CC2)C1. The maximum atomic E-state index is 12.9. The van der Waals surface area contributed by atoms with Gasteiger partial charge in [-0.2, -0.15) is 18.3 Å². The maximum absolute atomic E-state index is 12.9. The number of anilines is 2. The fourth-order valence-electron chi connectivity index (χ4n) is 5.26. The molecule has 0 unspecified atom stereocenters. The fraction of sp³-hybridized carbons (Fsp3) is 0.591. The van der Waals surface area contributed by atoms with Crippen LogP contribution in [-0.4, -0.2) is 69.1 Å². The van der Waals surface area contributed by atoms with E-state index in [0.717, 1.165) is 62.4 Å². The molecule has 3 aliphatic heterocycles. The molecule has 1 spiro atoms. The highest BCUT2D eigenvalue weighted by Gasteiger charge is 2.42. The van der Waals surface area contributed by atoms with Gasteiger partial charge in [0.15, 0.2) is 5.65 Å². The molecule has 0 aliphatic carbocycles. The first kappa shape index (κ1) is 21.5. The summed E-state index contributed by atoms with van der Waals surface area (Å²) < 4.78 is 46.0. The molecule has 6 rings (SSSR count). The second-order valence-corrected chi connectivity index (χ2v) is 9.54. The van der Waals surface area contributed by atoms with Crippen LogP contribution >= 0.6 is 0 Å². The number of aryl methyl sites for hydroxylation is 1. The minimum atomic E-state index is -4.53. The largest absolute Gasteiger partial charge is 0.451 e. The number of rotatable bonds is 3. The van der Waals surface area contributed by atoms with Crippen LogP contribution in [0.5, 0.6) is 0 Å². The number of nitrogens with zero attached hydrogens (tertiary/aromatic N) is 8. The third-order valence-corrected chi connectivity index (χ3v) is 7.39. The Morgan fingerprint density at radius 1 is 0.971 bits per heavy atom. The highest BCUT2D eigenvalue weighted by molar-refractivity contribution is 5.71. The van der Waals surface area contributed by atoms with Crippen LogP contribution in [0.15, 0.2) is 18.6 Å². The van der Waals surface area contributed by atoms with E-state index in [1.54, 1.807) is 13.1 Å². The van der Waals surface area contributed by atoms with Crippen molar-refractivity contribution in [2.24, 2.45) is 5.41 Å². The number of hydrogen-bond donors (Lipinski definition) is 0. The van der Waals surface area contributed by atoms with E-state index >= 15 is 0 Å². The summed E-state index contributed by atoms with van der Waals surface area (Å²) in [6, 6.07) is 0.216. The summed E-state index contributed by atoms with van der Waals surface area (Å²) in [6.45, 7) is 6.23. The third-order valence-electron chi connectivity index (χ3n) is 7.39. The minimum Gasteiger partial charge on any atom is -0.377 e. The average Bonchev–Trinajstić information content (AvgIpc) is 3.37. The Hall–Kier alpha value is -3.02. The number of piperidine rings is 1. The Balaban J connectivity index is 1.14. The van der Waals surface area contributed by atoms with Gasteiger partial charge >= 0.3 is 6.18 Å². The van der Waals surface area contributed by atoms with Crippen LogP contribution in [0.2, 0.25) is 0 Å². The normalized spacial score (nSPS) is 20.9. The molecule has 0 bridgehead atoms. The van der Waals surface area contributed by atoms with Crippen molar-refractivity contribution in [3.63, 3.8) is 0 Å². The molecule has 3 aliphatic rings. The third kappa shape index (κ3) is 3.64. The van der Waals surface area contributed by atoms with Gasteiger partial charge in [-0.1, -0.05) is 0 Å². The Morgan fingerprint density at radius 3 is 2.35 bits per heavy atom. The van der Waals surface area contributed by atoms with Crippen LogP contribution in [0.25, 0.3) is 11.2 Å². The Labute approximate surface area is 194 Å². The van der Waals surface area contributed by atoms with Gasteiger partial charge in [-0.15, -0.1) is 0 Å². The molecule has 3 aromatic rings. The van der Waals surface area contributed by atoms with Crippen molar-refractivity contribution in [1.82, 2.24) is 29.7 Å². The quantitative estimate of drug-likeness (QED) is 0.573. The van der Waals surface area contributed by atoms with Gasteiger partial charge in [0.25, 0.3) is 0 Å². The van der Waals surface area contributed by atoms with Crippen molar-refractivity contribution < 1.29 is 17.9 Å². The van der Waals surface area contributed by atoms with Gasteiger partial charge in [0.05, 0.1) is 43.2 Å². The van der Waals surface area contributed by atoms with E-state index in [4.69, 9.17) is 9.72 Å². The van der Waals surface area contributed by atoms with Gasteiger partial charge in [0, 0.05) is 26.2 Å². The zero-order valence-corrected chi connectivity index (χ0v) is 18.8. The number of halogens is 3. The van der Waals surface area contributed by atoms with Crippen molar-refractivity contribution in [2.45, 2.75) is 38.4 Å². The highest BCUT2D eigenvalue weighted by atomic mass is 19.4. The number of hydrogen-bond acceptors (Lipinski definition) is 8.